The fourth-order valence-electron chi connectivity index (χ4n) is 4.96. The largest absolute Gasteiger partial charge is 0.461 e. The van der Waals surface area contributed by atoms with Gasteiger partial charge in [0.05, 0.1) is 41.2 Å². The van der Waals surface area contributed by atoms with E-state index >= 15 is 0 Å². The molecule has 2 saturated heterocycles. The summed E-state index contributed by atoms with van der Waals surface area (Å²) in [4.78, 5) is 22.4. The quantitative estimate of drug-likeness (QED) is 0.422. The number of aromatic amines is 1. The Morgan fingerprint density at radius 1 is 1.38 bits per heavy atom. The van der Waals surface area contributed by atoms with E-state index < -0.39 is 17.0 Å². The van der Waals surface area contributed by atoms with Crippen molar-refractivity contribution in [2.75, 3.05) is 37.8 Å². The van der Waals surface area contributed by atoms with Crippen molar-refractivity contribution in [3.05, 3.63) is 16.0 Å². The Morgan fingerprint density at radius 2 is 2.03 bits per heavy atom. The molecule has 192 valence electrons. The van der Waals surface area contributed by atoms with Gasteiger partial charge in [0.15, 0.2) is 11.5 Å². The first-order valence-electron chi connectivity index (χ1n) is 12.2. The van der Waals surface area contributed by atoms with Crippen molar-refractivity contribution in [2.45, 2.75) is 72.1 Å². The van der Waals surface area contributed by atoms with Crippen molar-refractivity contribution >= 4 is 35.0 Å². The number of anilines is 1. The number of nitrogens with one attached hydrogen (secondary N) is 2. The summed E-state index contributed by atoms with van der Waals surface area (Å²) in [6, 6.07) is 0.107. The van der Waals surface area contributed by atoms with Gasteiger partial charge in [-0.15, -0.1) is 0 Å². The minimum Gasteiger partial charge on any atom is -0.461 e. The highest BCUT2D eigenvalue weighted by molar-refractivity contribution is 7.84. The Hall–Kier alpha value is -1.36. The second-order valence-corrected chi connectivity index (χ2v) is 13.1. The van der Waals surface area contributed by atoms with Gasteiger partial charge in [-0.25, -0.2) is 18.7 Å². The molecule has 2 fully saturated rings. The molecule has 1 aromatic rings. The molecule has 1 spiro atoms. The van der Waals surface area contributed by atoms with Crippen LogP contribution in [0, 0.1) is 28.8 Å². The number of rotatable bonds is 7. The fraction of sp³-hybridized carbons (Fsp3) is 0.792. The molecule has 10 heteroatoms. The summed E-state index contributed by atoms with van der Waals surface area (Å²) in [6.07, 6.45) is 1.88. The van der Waals surface area contributed by atoms with Crippen LogP contribution in [0.5, 0.6) is 0 Å². The average molecular weight is 513 g/mol. The highest BCUT2D eigenvalue weighted by atomic mass is 32.2. The summed E-state index contributed by atoms with van der Waals surface area (Å²) in [7, 11) is -1.11. The molecule has 0 bridgehead atoms. The van der Waals surface area contributed by atoms with Gasteiger partial charge in [0.25, 0.3) is 0 Å². The van der Waals surface area contributed by atoms with Crippen molar-refractivity contribution in [1.29, 1.82) is 0 Å². The lowest BCUT2D eigenvalue weighted by Crippen LogP contribution is -2.50. The van der Waals surface area contributed by atoms with Gasteiger partial charge in [-0.2, -0.15) is 0 Å². The molecular weight excluding hydrogens is 472 g/mol. The van der Waals surface area contributed by atoms with E-state index in [0.29, 0.717) is 40.3 Å². The molecule has 1 aromatic heterocycles. The highest BCUT2D eigenvalue weighted by Crippen LogP contribution is 2.48. The first kappa shape index (κ1) is 27.2. The maximum absolute atomic E-state index is 12.7. The standard InChI is InChI=1S/C24H40N4O4S2/c1-8-32-22(29)19-20(25-17(4)21(33)26-19)28-11-9-24(10-12-28)14-31-13-18(24)15(2)16(3)27-34(30)23(5,6)7/h15-16,18,27H,8-14H2,1-7H3,(H,26,33). The molecule has 0 aromatic carbocycles. The van der Waals surface area contributed by atoms with E-state index in [4.69, 9.17) is 21.7 Å². The third kappa shape index (κ3) is 5.71. The van der Waals surface area contributed by atoms with Gasteiger partial charge in [-0.05, 0) is 66.2 Å². The Labute approximate surface area is 211 Å². The second-order valence-electron chi connectivity index (χ2n) is 10.7. The zero-order valence-electron chi connectivity index (χ0n) is 21.5. The first-order chi connectivity index (χ1) is 15.9. The summed E-state index contributed by atoms with van der Waals surface area (Å²) in [5, 5.41) is 0. The number of aryl methyl sites for hydroxylation is 1. The third-order valence-electron chi connectivity index (χ3n) is 7.35. The van der Waals surface area contributed by atoms with Crippen LogP contribution in [0.3, 0.4) is 0 Å². The Morgan fingerprint density at radius 3 is 2.62 bits per heavy atom. The maximum atomic E-state index is 12.7. The summed E-state index contributed by atoms with van der Waals surface area (Å²) in [5.74, 6) is 0.857. The first-order valence-corrected chi connectivity index (χ1v) is 13.7. The van der Waals surface area contributed by atoms with Crippen molar-refractivity contribution in [2.24, 2.45) is 17.3 Å². The topological polar surface area (TPSA) is 96.6 Å². The lowest BCUT2D eigenvalue weighted by Gasteiger charge is -2.45. The molecule has 0 saturated carbocycles. The lowest BCUT2D eigenvalue weighted by molar-refractivity contribution is 0.0519. The van der Waals surface area contributed by atoms with E-state index in [9.17, 15) is 9.00 Å². The van der Waals surface area contributed by atoms with E-state index in [1.807, 2.05) is 27.7 Å². The zero-order chi connectivity index (χ0) is 25.3. The number of ether oxygens (including phenoxy) is 2. The number of aromatic nitrogens is 2. The molecule has 0 aliphatic carbocycles. The number of esters is 1. The predicted molar refractivity (Wildman–Crippen MR) is 138 cm³/mol. The Balaban J connectivity index is 1.75. The average Bonchev–Trinajstić information content (AvgIpc) is 3.17. The van der Waals surface area contributed by atoms with Gasteiger partial charge in [-0.3, -0.25) is 0 Å². The van der Waals surface area contributed by atoms with E-state index in [-0.39, 0.29) is 16.2 Å². The van der Waals surface area contributed by atoms with Crippen LogP contribution in [0.15, 0.2) is 0 Å². The summed E-state index contributed by atoms with van der Waals surface area (Å²) in [5.41, 5.74) is 1.08. The van der Waals surface area contributed by atoms with Crippen molar-refractivity contribution in [3.63, 3.8) is 0 Å². The van der Waals surface area contributed by atoms with Gasteiger partial charge in [0.2, 0.25) is 0 Å². The van der Waals surface area contributed by atoms with Gasteiger partial charge < -0.3 is 19.4 Å². The van der Waals surface area contributed by atoms with Gasteiger partial charge >= 0.3 is 5.97 Å². The van der Waals surface area contributed by atoms with Gasteiger partial charge in [0, 0.05) is 24.5 Å². The van der Waals surface area contributed by atoms with E-state index in [1.54, 1.807) is 6.92 Å². The van der Waals surface area contributed by atoms with Crippen LogP contribution in [0.1, 0.15) is 70.6 Å². The number of piperidine rings is 1. The van der Waals surface area contributed by atoms with Crippen LogP contribution in [-0.2, 0) is 20.5 Å². The van der Waals surface area contributed by atoms with E-state index in [0.717, 1.165) is 39.1 Å². The Kier molecular flexibility index (Phi) is 8.59. The SMILES string of the molecule is CCOC(=O)c1[nH]c(=S)c(C)nc1N1CCC2(CC1)COCC2C(C)C(C)NS(=O)C(C)(C)C. The number of nitrogens with zero attached hydrogens (tertiary/aromatic N) is 2. The van der Waals surface area contributed by atoms with Crippen LogP contribution in [0.25, 0.3) is 0 Å². The molecule has 0 amide bonds. The lowest BCUT2D eigenvalue weighted by atomic mass is 9.65. The van der Waals surface area contributed by atoms with Gasteiger partial charge in [-0.1, -0.05) is 19.1 Å². The van der Waals surface area contributed by atoms with Crippen LogP contribution in [-0.4, -0.2) is 63.8 Å². The molecule has 0 radical (unpaired) electrons. The molecule has 2 aliphatic rings. The van der Waals surface area contributed by atoms with E-state index in [2.05, 4.69) is 33.4 Å². The van der Waals surface area contributed by atoms with E-state index in [1.165, 1.54) is 0 Å². The predicted octanol–water partition coefficient (Wildman–Crippen LogP) is 3.93. The van der Waals surface area contributed by atoms with Crippen molar-refractivity contribution in [1.82, 2.24) is 14.7 Å². The summed E-state index contributed by atoms with van der Waals surface area (Å²) < 4.78 is 27.4. The zero-order valence-corrected chi connectivity index (χ0v) is 23.2. The highest BCUT2D eigenvalue weighted by Gasteiger charge is 2.49. The van der Waals surface area contributed by atoms with Gasteiger partial charge in [0.1, 0.15) is 4.64 Å². The number of hydrogen-bond acceptors (Lipinski definition) is 7. The maximum Gasteiger partial charge on any atom is 0.358 e. The molecule has 2 aliphatic heterocycles. The van der Waals surface area contributed by atoms with Crippen molar-refractivity contribution in [3.8, 4) is 0 Å². The minimum absolute atomic E-state index is 0.0654. The summed E-state index contributed by atoms with van der Waals surface area (Å²) >= 11 is 5.32. The molecular formula is C24H40N4O4S2. The molecule has 3 rings (SSSR count). The fourth-order valence-corrected chi connectivity index (χ4v) is 6.02. The normalized spacial score (nSPS) is 23.0. The number of H-pyrrole nitrogens is 1. The smallest absolute Gasteiger partial charge is 0.358 e. The van der Waals surface area contributed by atoms with Crippen LogP contribution in [0.2, 0.25) is 0 Å². The number of carbonyl (C=O) groups excluding carboxylic acids is 1. The monoisotopic (exact) mass is 512 g/mol. The second kappa shape index (κ2) is 10.7. The third-order valence-corrected chi connectivity index (χ3v) is 9.44. The molecule has 4 atom stereocenters. The van der Waals surface area contributed by atoms with Crippen LogP contribution in [0.4, 0.5) is 5.82 Å². The number of hydrogen-bond donors (Lipinski definition) is 2. The molecule has 3 heterocycles. The van der Waals surface area contributed by atoms with Crippen molar-refractivity contribution < 1.29 is 18.5 Å². The van der Waals surface area contributed by atoms with Crippen LogP contribution >= 0.6 is 12.2 Å². The Bertz CT molecular complexity index is 967. The molecule has 34 heavy (non-hydrogen) atoms. The minimum atomic E-state index is -1.11. The molecule has 4 unspecified atom stereocenters. The van der Waals surface area contributed by atoms with Crippen LogP contribution < -0.4 is 9.62 Å². The number of carbonyl (C=O) groups is 1. The molecule has 2 N–H and O–H groups in total. The molecule has 8 nitrogen and oxygen atoms in total. The summed E-state index contributed by atoms with van der Waals surface area (Å²) in [6.45, 7) is 17.2.